The third-order valence-corrected chi connectivity index (χ3v) is 5.94. The fraction of sp³-hybridized carbons (Fsp3) is 0.708. The van der Waals surface area contributed by atoms with Crippen molar-refractivity contribution < 1.29 is 9.47 Å². The second-order valence-corrected chi connectivity index (χ2v) is 9.00. The number of ether oxygens (including phenoxy) is 2. The summed E-state index contributed by atoms with van der Waals surface area (Å²) in [5, 5.41) is 6.91. The summed E-state index contributed by atoms with van der Waals surface area (Å²) in [6.45, 7) is 16.1. The van der Waals surface area contributed by atoms with Crippen molar-refractivity contribution in [2.24, 2.45) is 10.9 Å². The molecule has 8 heteroatoms. The van der Waals surface area contributed by atoms with Crippen LogP contribution in [0.4, 0.5) is 0 Å². The van der Waals surface area contributed by atoms with Gasteiger partial charge in [-0.05, 0) is 38.4 Å². The SMILES string of the molecule is CCNC(=NCc1ccc(C)cc1OC1CCOC1)NCC(C)CN1CCN(C)CC1.I. The van der Waals surface area contributed by atoms with Gasteiger partial charge in [-0.15, -0.1) is 24.0 Å². The third kappa shape index (κ3) is 9.03. The molecule has 0 spiro atoms. The summed E-state index contributed by atoms with van der Waals surface area (Å²) >= 11 is 0. The lowest BCUT2D eigenvalue weighted by Crippen LogP contribution is -2.47. The Hall–Kier alpha value is -1.10. The Bertz CT molecular complexity index is 704. The highest BCUT2D eigenvalue weighted by Crippen LogP contribution is 2.24. The number of likely N-dealkylation sites (N-methyl/N-ethyl adjacent to an activating group) is 1. The van der Waals surface area contributed by atoms with Crippen molar-refractivity contribution in [3.05, 3.63) is 29.3 Å². The number of hydrogen-bond donors (Lipinski definition) is 2. The van der Waals surface area contributed by atoms with Crippen LogP contribution in [0.25, 0.3) is 0 Å². The van der Waals surface area contributed by atoms with Gasteiger partial charge in [0.25, 0.3) is 0 Å². The molecule has 2 fully saturated rings. The van der Waals surface area contributed by atoms with Crippen molar-refractivity contribution >= 4 is 29.9 Å². The van der Waals surface area contributed by atoms with E-state index in [0.29, 0.717) is 19.1 Å². The Labute approximate surface area is 211 Å². The Morgan fingerprint density at radius 1 is 1.25 bits per heavy atom. The van der Waals surface area contributed by atoms with E-state index >= 15 is 0 Å². The molecule has 0 bridgehead atoms. The minimum atomic E-state index is 0. The van der Waals surface area contributed by atoms with Gasteiger partial charge >= 0.3 is 0 Å². The molecule has 2 heterocycles. The summed E-state index contributed by atoms with van der Waals surface area (Å²) in [5.74, 6) is 2.36. The summed E-state index contributed by atoms with van der Waals surface area (Å²) in [5.41, 5.74) is 2.31. The Kier molecular flexibility index (Phi) is 12.1. The van der Waals surface area contributed by atoms with Crippen LogP contribution in [0.2, 0.25) is 0 Å². The quantitative estimate of drug-likeness (QED) is 0.276. The highest BCUT2D eigenvalue weighted by molar-refractivity contribution is 14.0. The van der Waals surface area contributed by atoms with E-state index in [1.807, 2.05) is 0 Å². The molecule has 0 aliphatic carbocycles. The summed E-state index contributed by atoms with van der Waals surface area (Å²) in [6, 6.07) is 6.37. The predicted molar refractivity (Wildman–Crippen MR) is 142 cm³/mol. The van der Waals surface area contributed by atoms with Crippen molar-refractivity contribution in [1.29, 1.82) is 0 Å². The van der Waals surface area contributed by atoms with Gasteiger partial charge in [0.05, 0.1) is 19.8 Å². The molecule has 182 valence electrons. The average Bonchev–Trinajstić information content (AvgIpc) is 3.26. The second kappa shape index (κ2) is 14.2. The maximum absolute atomic E-state index is 6.23. The number of hydrogen-bond acceptors (Lipinski definition) is 5. The molecule has 2 aliphatic heterocycles. The van der Waals surface area contributed by atoms with Crippen LogP contribution < -0.4 is 15.4 Å². The van der Waals surface area contributed by atoms with Gasteiger partial charge in [-0.1, -0.05) is 19.1 Å². The first-order valence-electron chi connectivity index (χ1n) is 11.8. The zero-order valence-corrected chi connectivity index (χ0v) is 22.6. The number of halogens is 1. The van der Waals surface area contributed by atoms with E-state index < -0.39 is 0 Å². The van der Waals surface area contributed by atoms with Crippen LogP contribution >= 0.6 is 24.0 Å². The zero-order chi connectivity index (χ0) is 22.1. The summed E-state index contributed by atoms with van der Waals surface area (Å²) < 4.78 is 11.7. The highest BCUT2D eigenvalue weighted by Gasteiger charge is 2.19. The molecule has 1 aromatic rings. The van der Waals surface area contributed by atoms with Gasteiger partial charge in [0.1, 0.15) is 11.9 Å². The minimum absolute atomic E-state index is 0. The van der Waals surface area contributed by atoms with E-state index in [0.717, 1.165) is 76.1 Å². The molecule has 0 saturated carbocycles. The van der Waals surface area contributed by atoms with Gasteiger partial charge < -0.3 is 29.9 Å². The van der Waals surface area contributed by atoms with E-state index in [-0.39, 0.29) is 30.1 Å². The van der Waals surface area contributed by atoms with Crippen LogP contribution in [-0.4, -0.2) is 87.9 Å². The van der Waals surface area contributed by atoms with Crippen LogP contribution in [0, 0.1) is 12.8 Å². The molecule has 2 saturated heterocycles. The molecule has 32 heavy (non-hydrogen) atoms. The molecule has 1 aromatic carbocycles. The van der Waals surface area contributed by atoms with E-state index in [9.17, 15) is 0 Å². The van der Waals surface area contributed by atoms with Crippen molar-refractivity contribution in [3.8, 4) is 5.75 Å². The van der Waals surface area contributed by atoms with Gasteiger partial charge in [0.15, 0.2) is 5.96 Å². The lowest BCUT2D eigenvalue weighted by molar-refractivity contribution is 0.139. The summed E-state index contributed by atoms with van der Waals surface area (Å²) in [4.78, 5) is 9.81. The van der Waals surface area contributed by atoms with E-state index in [4.69, 9.17) is 14.5 Å². The van der Waals surface area contributed by atoms with Gasteiger partial charge in [-0.2, -0.15) is 0 Å². The maximum Gasteiger partial charge on any atom is 0.191 e. The number of guanidine groups is 1. The van der Waals surface area contributed by atoms with Crippen LogP contribution in [0.3, 0.4) is 0 Å². The third-order valence-electron chi connectivity index (χ3n) is 5.94. The van der Waals surface area contributed by atoms with Gasteiger partial charge in [-0.25, -0.2) is 4.99 Å². The minimum Gasteiger partial charge on any atom is -0.488 e. The number of rotatable bonds is 9. The van der Waals surface area contributed by atoms with E-state index in [1.54, 1.807) is 0 Å². The molecule has 2 aliphatic rings. The van der Waals surface area contributed by atoms with Crippen LogP contribution in [0.15, 0.2) is 23.2 Å². The fourth-order valence-electron chi connectivity index (χ4n) is 4.00. The fourth-order valence-corrected chi connectivity index (χ4v) is 4.00. The van der Waals surface area contributed by atoms with Crippen molar-refractivity contribution in [2.75, 3.05) is 66.1 Å². The van der Waals surface area contributed by atoms with Gasteiger partial charge in [0, 0.05) is 57.8 Å². The zero-order valence-electron chi connectivity index (χ0n) is 20.2. The monoisotopic (exact) mass is 559 g/mol. The first-order valence-corrected chi connectivity index (χ1v) is 11.8. The van der Waals surface area contributed by atoms with Crippen molar-refractivity contribution in [1.82, 2.24) is 20.4 Å². The second-order valence-electron chi connectivity index (χ2n) is 9.00. The van der Waals surface area contributed by atoms with Crippen LogP contribution in [-0.2, 0) is 11.3 Å². The predicted octanol–water partition coefficient (Wildman–Crippen LogP) is 2.72. The lowest BCUT2D eigenvalue weighted by atomic mass is 10.1. The molecule has 0 amide bonds. The Balaban J connectivity index is 0.00000363. The van der Waals surface area contributed by atoms with Crippen LogP contribution in [0.5, 0.6) is 5.75 Å². The number of benzene rings is 1. The number of piperazine rings is 1. The number of aliphatic imine (C=N–C) groups is 1. The molecular formula is C24H42IN5O2. The van der Waals surface area contributed by atoms with E-state index in [2.05, 4.69) is 66.5 Å². The maximum atomic E-state index is 6.23. The Morgan fingerprint density at radius 2 is 2.03 bits per heavy atom. The molecule has 2 unspecified atom stereocenters. The first-order chi connectivity index (χ1) is 15.0. The van der Waals surface area contributed by atoms with Crippen molar-refractivity contribution in [3.63, 3.8) is 0 Å². The molecule has 2 atom stereocenters. The van der Waals surface area contributed by atoms with E-state index in [1.165, 1.54) is 5.56 Å². The lowest BCUT2D eigenvalue weighted by Gasteiger charge is -2.34. The normalized spacial score (nSPS) is 21.1. The standard InChI is InChI=1S/C24H41N5O2.HI/c1-5-25-24(26-15-20(3)17-29-11-9-28(4)10-12-29)27-16-21-7-6-19(2)14-23(21)31-22-8-13-30-18-22;/h6-7,14,20,22H,5,8-13,15-18H2,1-4H3,(H2,25,26,27);1H. The Morgan fingerprint density at radius 3 is 2.72 bits per heavy atom. The topological polar surface area (TPSA) is 61.4 Å². The number of nitrogens with zero attached hydrogens (tertiary/aromatic N) is 3. The van der Waals surface area contributed by atoms with Gasteiger partial charge in [0.2, 0.25) is 0 Å². The smallest absolute Gasteiger partial charge is 0.191 e. The molecular weight excluding hydrogens is 517 g/mol. The molecule has 0 aromatic heterocycles. The van der Waals surface area contributed by atoms with Crippen molar-refractivity contribution in [2.45, 2.75) is 39.8 Å². The molecule has 0 radical (unpaired) electrons. The number of nitrogens with one attached hydrogen (secondary N) is 2. The van der Waals surface area contributed by atoms with Gasteiger partial charge in [-0.3, -0.25) is 0 Å². The molecule has 7 nitrogen and oxygen atoms in total. The number of aryl methyl sites for hydroxylation is 1. The average molecular weight is 560 g/mol. The summed E-state index contributed by atoms with van der Waals surface area (Å²) in [6.07, 6.45) is 1.10. The molecule has 3 rings (SSSR count). The highest BCUT2D eigenvalue weighted by atomic mass is 127. The van der Waals surface area contributed by atoms with Crippen LogP contribution in [0.1, 0.15) is 31.4 Å². The molecule has 2 N–H and O–H groups in total. The summed E-state index contributed by atoms with van der Waals surface area (Å²) in [7, 11) is 2.20. The largest absolute Gasteiger partial charge is 0.488 e. The first kappa shape index (κ1) is 27.1.